The predicted octanol–water partition coefficient (Wildman–Crippen LogP) is 0.834. The molecule has 0 aromatic rings. The van der Waals surface area contributed by atoms with Crippen molar-refractivity contribution in [1.29, 1.82) is 0 Å². The Balaban J connectivity index is -0.0000000381. The van der Waals surface area contributed by atoms with Gasteiger partial charge >= 0.3 is 34.5 Å². The minimum Gasteiger partial charge on any atom is -0.335 e. The summed E-state index contributed by atoms with van der Waals surface area (Å²) in [5.41, 5.74) is 0. The molecule has 0 aromatic heterocycles. The van der Waals surface area contributed by atoms with Crippen molar-refractivity contribution in [3.05, 3.63) is 12.8 Å². The van der Waals surface area contributed by atoms with Gasteiger partial charge in [0.2, 0.25) is 0 Å². The van der Waals surface area contributed by atoms with Crippen LogP contribution < -0.4 is 0 Å². The third kappa shape index (κ3) is 1440. The fourth-order valence-corrected chi connectivity index (χ4v) is 0. The monoisotopic (exact) mass is 412 g/mol. The van der Waals surface area contributed by atoms with Gasteiger partial charge in [-0.1, -0.05) is 0 Å². The Labute approximate surface area is 127 Å². The van der Waals surface area contributed by atoms with E-state index in [-0.39, 0.29) is 21.1 Å². The smallest absolute Gasteiger partial charge is 0.335 e. The molecule has 0 aliphatic carbocycles. The van der Waals surface area contributed by atoms with Crippen molar-refractivity contribution >= 4 is 37.1 Å². The van der Waals surface area contributed by atoms with Crippen LogP contribution in [0.25, 0.3) is 0 Å². The third-order valence-corrected chi connectivity index (χ3v) is 0. The first-order chi connectivity index (χ1) is 6.83. The molecule has 0 rings (SSSR count). The van der Waals surface area contributed by atoms with Gasteiger partial charge in [0.25, 0.3) is 0 Å². The largest absolute Gasteiger partial charge is 2.00 e. The van der Waals surface area contributed by atoms with Crippen molar-refractivity contribution in [3.8, 4) is 0 Å². The van der Waals surface area contributed by atoms with Gasteiger partial charge in [0.15, 0.2) is 0 Å². The normalized spacial score (nSPS) is 9.06. The van der Waals surface area contributed by atoms with E-state index in [1.165, 1.54) is 0 Å². The molecule has 0 unspecified atom stereocenters. The van der Waals surface area contributed by atoms with Gasteiger partial charge in [0, 0.05) is 0 Å². The Morgan fingerprint density at radius 1 is 0.647 bits per heavy atom. The summed E-state index contributed by atoms with van der Waals surface area (Å²) >= 11 is 7.21. The van der Waals surface area contributed by atoms with Gasteiger partial charge in [0.1, 0.15) is 0 Å². The summed E-state index contributed by atoms with van der Waals surface area (Å²) in [7, 11) is 0. The fourth-order valence-electron chi connectivity index (χ4n) is 0. The van der Waals surface area contributed by atoms with Crippen LogP contribution in [0.4, 0.5) is 0 Å². The molecule has 0 spiro atoms. The zero-order valence-electron chi connectivity index (χ0n) is 9.96. The van der Waals surface area contributed by atoms with E-state index in [9.17, 15) is 0 Å². The molecule has 17 heavy (non-hydrogen) atoms. The van der Waals surface area contributed by atoms with Crippen LogP contribution in [0.5, 0.6) is 0 Å². The Morgan fingerprint density at radius 3 is 0.647 bits per heavy atom. The van der Waals surface area contributed by atoms with E-state index >= 15 is 0 Å². The molecule has 0 aliphatic rings. The van der Waals surface area contributed by atoms with Crippen LogP contribution in [-0.2, 0) is 44.7 Å². The van der Waals surface area contributed by atoms with Crippen LogP contribution in [0.1, 0.15) is 27.7 Å². The zero-order chi connectivity index (χ0) is 14.4. The summed E-state index contributed by atoms with van der Waals surface area (Å²) < 4.78 is 0. The van der Waals surface area contributed by atoms with E-state index in [0.29, 0.717) is 0 Å². The van der Waals surface area contributed by atoms with Crippen LogP contribution in [0.15, 0.2) is 0 Å². The van der Waals surface area contributed by atoms with Gasteiger partial charge in [-0.3, -0.25) is 0 Å². The second-order valence-electron chi connectivity index (χ2n) is 2.18. The number of hydrogen-bond donors (Lipinski definition) is 6. The topological polar surface area (TPSA) is 121 Å². The number of rotatable bonds is 0. The molecule has 0 bridgehead atoms. The molecule has 0 saturated carbocycles. The molecule has 11 heteroatoms. The average molecular weight is 410 g/mol. The summed E-state index contributed by atoms with van der Waals surface area (Å²) in [6, 6.07) is 0. The Morgan fingerprint density at radius 2 is 0.647 bits per heavy atom. The number of hydrogen-bond acceptors (Lipinski definition) is 2. The zero-order valence-corrected chi connectivity index (χ0v) is 15.4. The molecule has 0 aromatic carbocycles. The van der Waals surface area contributed by atoms with E-state index in [1.807, 2.05) is 40.5 Å². The van der Waals surface area contributed by atoms with E-state index in [1.54, 1.807) is 0 Å². The molecule has 0 aliphatic heterocycles. The molecule has 0 fully saturated rings. The molecule has 0 atom stereocenters. The van der Waals surface area contributed by atoms with Gasteiger partial charge in [-0.2, -0.15) is 27.7 Å². The van der Waals surface area contributed by atoms with Crippen LogP contribution >= 0.6 is 13.4 Å². The average Bonchev–Trinajstić information content (AvgIpc) is 1.79. The summed E-state index contributed by atoms with van der Waals surface area (Å²) in [5.74, 6) is 0. The summed E-state index contributed by atoms with van der Waals surface area (Å²) in [4.78, 5) is 45.3. The van der Waals surface area contributed by atoms with Crippen molar-refractivity contribution in [2.45, 2.75) is 27.7 Å². The molecule has 0 amide bonds. The Kier molecular flexibility index (Phi) is 36.9. The Bertz CT molecular complexity index is 168. The van der Waals surface area contributed by atoms with E-state index in [0.717, 1.165) is 0 Å². The molecule has 0 saturated heterocycles. The van der Waals surface area contributed by atoms with Gasteiger partial charge in [-0.05, 0) is 23.6 Å². The van der Waals surface area contributed by atoms with E-state index in [4.69, 9.17) is 29.4 Å². The van der Waals surface area contributed by atoms with E-state index in [2.05, 4.69) is 23.6 Å². The van der Waals surface area contributed by atoms with Crippen LogP contribution in [-0.4, -0.2) is 29.4 Å². The predicted molar refractivity (Wildman–Crippen MR) is 73.2 cm³/mol. The molecule has 6 N–H and O–H groups in total. The Hall–Kier alpha value is 1.75. The maximum absolute atomic E-state index is 7.56. The molecular weight excluding hydrogens is 390 g/mol. The van der Waals surface area contributed by atoms with Crippen molar-refractivity contribution in [2.75, 3.05) is 0 Å². The SMILES string of the molecule is C[CH-]C.C[CH-]C.OP(O)(O)=S.OP(O)(O)=S.[Mo+2]. The maximum atomic E-state index is 7.56. The first-order valence-corrected chi connectivity index (χ1v) is 9.20. The van der Waals surface area contributed by atoms with Crippen LogP contribution in [0, 0.1) is 12.8 Å². The summed E-state index contributed by atoms with van der Waals surface area (Å²) in [6.07, 6.45) is 4.00. The second-order valence-corrected chi connectivity index (χ2v) is 7.17. The van der Waals surface area contributed by atoms with Crippen molar-refractivity contribution in [3.63, 3.8) is 0 Å². The minimum atomic E-state index is -3.81. The first-order valence-electron chi connectivity index (χ1n) is 3.87. The second kappa shape index (κ2) is 20.1. The van der Waals surface area contributed by atoms with Gasteiger partial charge in [-0.25, -0.2) is 0 Å². The summed E-state index contributed by atoms with van der Waals surface area (Å²) in [6.45, 7) is 0.389. The maximum Gasteiger partial charge on any atom is 2.00 e. The minimum absolute atomic E-state index is 0. The third-order valence-electron chi connectivity index (χ3n) is 0. The summed E-state index contributed by atoms with van der Waals surface area (Å²) in [5, 5.41) is 0. The first kappa shape index (κ1) is 31.2. The standard InChI is InChI=1S/2C3H7.Mo.2H3O3PS/c2*1-3-2;;2*1-4(2,3)5/h2*3H,1-2H3;;2*(H3,1,2,3,5)/q2*-1;+2;;. The molecule has 0 heterocycles. The fraction of sp³-hybridized carbons (Fsp3) is 0.667. The van der Waals surface area contributed by atoms with Crippen molar-refractivity contribution < 1.29 is 50.4 Å². The van der Waals surface area contributed by atoms with Gasteiger partial charge in [-0.15, -0.1) is 0 Å². The van der Waals surface area contributed by atoms with Crippen LogP contribution in [0.3, 0.4) is 0 Å². The van der Waals surface area contributed by atoms with Crippen molar-refractivity contribution in [2.24, 2.45) is 0 Å². The van der Waals surface area contributed by atoms with Gasteiger partial charge in [0.05, 0.1) is 0 Å². The van der Waals surface area contributed by atoms with Gasteiger partial charge < -0.3 is 42.2 Å². The van der Waals surface area contributed by atoms with E-state index < -0.39 is 13.4 Å². The quantitative estimate of drug-likeness (QED) is 0.197. The molecule has 6 nitrogen and oxygen atoms in total. The van der Waals surface area contributed by atoms with Crippen LogP contribution in [0.2, 0.25) is 0 Å². The van der Waals surface area contributed by atoms with Crippen molar-refractivity contribution in [1.82, 2.24) is 0 Å². The molecule has 108 valence electrons. The molecular formula is C6H20MoO6P2S2. The molecule has 0 radical (unpaired) electrons.